The normalized spacial score (nSPS) is 17.7. The second kappa shape index (κ2) is 9.76. The Morgan fingerprint density at radius 2 is 1.56 bits per heavy atom. The second-order valence-electron chi connectivity index (χ2n) is 10.3. The maximum Gasteiger partial charge on any atom is 0.258 e. The minimum Gasteiger partial charge on any atom is -0.424 e. The van der Waals surface area contributed by atoms with Crippen LogP contribution in [0.5, 0.6) is 0 Å². The van der Waals surface area contributed by atoms with Crippen LogP contribution in [0, 0.1) is 11.5 Å². The van der Waals surface area contributed by atoms with E-state index in [9.17, 15) is 9.90 Å². The molecule has 1 aliphatic heterocycles. The Morgan fingerprint density at radius 3 is 2.06 bits per heavy atom. The maximum absolute atomic E-state index is 12.2. The van der Waals surface area contributed by atoms with E-state index >= 15 is 0 Å². The molecule has 0 radical (unpaired) electrons. The summed E-state index contributed by atoms with van der Waals surface area (Å²) in [5.74, 6) is 3.14. The Labute approximate surface area is 194 Å². The number of oxime groups is 1. The number of hydrogen-bond acceptors (Lipinski definition) is 4. The molecule has 170 valence electrons. The lowest BCUT2D eigenvalue weighted by molar-refractivity contribution is -0.0224. The molecule has 0 saturated carbocycles. The third-order valence-electron chi connectivity index (χ3n) is 6.13. The molecule has 0 saturated heterocycles. The van der Waals surface area contributed by atoms with Crippen molar-refractivity contribution in [3.8, 4) is 11.5 Å². The average Bonchev–Trinajstić information content (AvgIpc) is 3.25. The van der Waals surface area contributed by atoms with Crippen molar-refractivity contribution in [2.75, 3.05) is 0 Å². The van der Waals surface area contributed by atoms with Gasteiger partial charge in [0.05, 0.1) is 6.10 Å². The Bertz CT molecular complexity index is 949. The zero-order valence-corrected chi connectivity index (χ0v) is 21.8. The molecule has 0 spiro atoms. The van der Waals surface area contributed by atoms with E-state index in [4.69, 9.17) is 4.84 Å². The Balaban J connectivity index is 1.73. The molecule has 2 N–H and O–H groups in total. The Morgan fingerprint density at radius 1 is 1.03 bits per heavy atom. The van der Waals surface area contributed by atoms with Crippen molar-refractivity contribution < 1.29 is 14.7 Å². The van der Waals surface area contributed by atoms with E-state index in [2.05, 4.69) is 50.1 Å². The van der Waals surface area contributed by atoms with Crippen molar-refractivity contribution in [3.05, 3.63) is 60.7 Å². The quantitative estimate of drug-likeness (QED) is 0.484. The molecule has 6 heteroatoms. The largest absolute Gasteiger partial charge is 0.424 e. The standard InChI is InChI=1S/C26H35NO3Si2/c1-26(2,18-16-24(28)25-20-21(27-30-25)17-19-31(3,4)5)32(29,22-12-8-6-9-13-22)23-14-10-7-11-15-23/h6-15,24-25,28-29H,16,18,20H2,1-5H3/t24-,25-/m0/s1. The van der Waals surface area contributed by atoms with E-state index < -0.39 is 27.5 Å². The predicted molar refractivity (Wildman–Crippen MR) is 137 cm³/mol. The molecule has 0 fully saturated rings. The molecular weight excluding hydrogens is 430 g/mol. The predicted octanol–water partition coefficient (Wildman–Crippen LogP) is 3.69. The van der Waals surface area contributed by atoms with Crippen molar-refractivity contribution in [3.63, 3.8) is 0 Å². The zero-order chi connectivity index (χ0) is 23.4. The van der Waals surface area contributed by atoms with Crippen molar-refractivity contribution in [1.29, 1.82) is 0 Å². The van der Waals surface area contributed by atoms with Gasteiger partial charge in [-0.3, -0.25) is 0 Å². The lowest BCUT2D eigenvalue weighted by Gasteiger charge is -2.41. The zero-order valence-electron chi connectivity index (χ0n) is 19.8. The summed E-state index contributed by atoms with van der Waals surface area (Å²) < 4.78 is 0. The van der Waals surface area contributed by atoms with Crippen LogP contribution in [0.4, 0.5) is 0 Å². The van der Waals surface area contributed by atoms with E-state index in [1.165, 1.54) is 0 Å². The molecule has 0 aliphatic carbocycles. The van der Waals surface area contributed by atoms with Gasteiger partial charge in [0, 0.05) is 6.42 Å². The molecule has 1 aliphatic rings. The van der Waals surface area contributed by atoms with Crippen LogP contribution in [0.25, 0.3) is 0 Å². The van der Waals surface area contributed by atoms with Gasteiger partial charge in [-0.25, -0.2) is 0 Å². The SMILES string of the molecule is CC(C)(CC[C@H](O)[C@@H]1CC(C#C[Si](C)(C)C)=NO1)[Si](O)(c1ccccc1)c1ccccc1. The van der Waals surface area contributed by atoms with Gasteiger partial charge in [0.25, 0.3) is 8.32 Å². The van der Waals surface area contributed by atoms with E-state index in [1.807, 2.05) is 60.7 Å². The summed E-state index contributed by atoms with van der Waals surface area (Å²) in [5.41, 5.74) is 4.02. The van der Waals surface area contributed by atoms with Crippen LogP contribution in [-0.2, 0) is 4.84 Å². The smallest absolute Gasteiger partial charge is 0.258 e. The summed E-state index contributed by atoms with van der Waals surface area (Å²) in [6.07, 6.45) is 0.694. The highest BCUT2D eigenvalue weighted by molar-refractivity contribution is 6.98. The molecule has 0 unspecified atom stereocenters. The van der Waals surface area contributed by atoms with Gasteiger partial charge in [0.2, 0.25) is 0 Å². The van der Waals surface area contributed by atoms with Crippen molar-refractivity contribution in [2.45, 2.75) is 70.0 Å². The first kappa shape index (κ1) is 24.5. The molecule has 2 aromatic rings. The minimum atomic E-state index is -3.08. The van der Waals surface area contributed by atoms with Crippen molar-refractivity contribution in [1.82, 2.24) is 0 Å². The molecule has 0 aromatic heterocycles. The summed E-state index contributed by atoms with van der Waals surface area (Å²) in [5, 5.41) is 16.5. The van der Waals surface area contributed by atoms with Crippen LogP contribution in [0.1, 0.15) is 33.1 Å². The van der Waals surface area contributed by atoms with Gasteiger partial charge in [-0.15, -0.1) is 5.54 Å². The summed E-state index contributed by atoms with van der Waals surface area (Å²) in [6, 6.07) is 20.0. The molecule has 1 heterocycles. The van der Waals surface area contributed by atoms with Crippen molar-refractivity contribution in [2.24, 2.45) is 5.16 Å². The first-order chi connectivity index (χ1) is 15.0. The highest BCUT2D eigenvalue weighted by Crippen LogP contribution is 2.40. The fourth-order valence-electron chi connectivity index (χ4n) is 4.12. The number of nitrogens with zero attached hydrogens (tertiary/aromatic N) is 1. The lowest BCUT2D eigenvalue weighted by atomic mass is 9.98. The topological polar surface area (TPSA) is 62.1 Å². The fraction of sp³-hybridized carbons (Fsp3) is 0.423. The highest BCUT2D eigenvalue weighted by Gasteiger charge is 2.50. The van der Waals surface area contributed by atoms with Crippen LogP contribution in [0.15, 0.2) is 65.8 Å². The second-order valence-corrected chi connectivity index (χ2v) is 19.0. The summed E-state index contributed by atoms with van der Waals surface area (Å²) in [4.78, 5) is 17.7. The third-order valence-corrected chi connectivity index (χ3v) is 11.6. The molecular formula is C26H35NO3Si2. The van der Waals surface area contributed by atoms with Gasteiger partial charge in [0.1, 0.15) is 13.8 Å². The van der Waals surface area contributed by atoms with Crippen LogP contribution < -0.4 is 10.4 Å². The van der Waals surface area contributed by atoms with E-state index in [0.717, 1.165) is 16.1 Å². The molecule has 3 rings (SSSR count). The van der Waals surface area contributed by atoms with Gasteiger partial charge in [-0.2, -0.15) is 0 Å². The monoisotopic (exact) mass is 465 g/mol. The number of rotatable bonds is 7. The van der Waals surface area contributed by atoms with Gasteiger partial charge in [-0.05, 0) is 28.3 Å². The minimum absolute atomic E-state index is 0.375. The summed E-state index contributed by atoms with van der Waals surface area (Å²) in [7, 11) is -4.56. The summed E-state index contributed by atoms with van der Waals surface area (Å²) in [6.45, 7) is 10.8. The molecule has 2 atom stereocenters. The van der Waals surface area contributed by atoms with Gasteiger partial charge >= 0.3 is 0 Å². The van der Waals surface area contributed by atoms with E-state index in [0.29, 0.717) is 19.3 Å². The third kappa shape index (κ3) is 5.59. The van der Waals surface area contributed by atoms with Gasteiger partial charge in [-0.1, -0.05) is 105 Å². The average molecular weight is 466 g/mol. The van der Waals surface area contributed by atoms with Gasteiger partial charge < -0.3 is 14.7 Å². The molecule has 0 bridgehead atoms. The van der Waals surface area contributed by atoms with Crippen LogP contribution in [0.3, 0.4) is 0 Å². The highest BCUT2D eigenvalue weighted by atomic mass is 28.4. The number of aliphatic hydroxyl groups is 1. The molecule has 2 aromatic carbocycles. The van der Waals surface area contributed by atoms with Crippen molar-refractivity contribution >= 4 is 32.5 Å². The fourth-order valence-corrected chi connectivity index (χ4v) is 8.39. The molecule has 32 heavy (non-hydrogen) atoms. The number of aliphatic hydroxyl groups excluding tert-OH is 1. The molecule has 4 nitrogen and oxygen atoms in total. The van der Waals surface area contributed by atoms with Crippen LogP contribution in [-0.4, -0.2) is 44.2 Å². The Kier molecular flexibility index (Phi) is 7.46. The molecule has 0 amide bonds. The number of benzene rings is 2. The van der Waals surface area contributed by atoms with E-state index in [1.54, 1.807) is 0 Å². The number of hydrogen-bond donors (Lipinski definition) is 2. The first-order valence-corrected chi connectivity index (χ1v) is 16.7. The Hall–Kier alpha value is -2.18. The van der Waals surface area contributed by atoms with Gasteiger partial charge in [0.15, 0.2) is 6.10 Å². The summed E-state index contributed by atoms with van der Waals surface area (Å²) >= 11 is 0. The first-order valence-electron chi connectivity index (χ1n) is 11.3. The van der Waals surface area contributed by atoms with Crippen LogP contribution >= 0.6 is 0 Å². The lowest BCUT2D eigenvalue weighted by Crippen LogP contribution is -2.65. The van der Waals surface area contributed by atoms with E-state index in [-0.39, 0.29) is 6.10 Å². The maximum atomic E-state index is 12.2. The van der Waals surface area contributed by atoms with Crippen LogP contribution in [0.2, 0.25) is 24.7 Å².